The molecular formula is C16H16F5N3S. The fraction of sp³-hybridized carbons (Fsp3) is 0.438. The molecule has 1 aromatic carbocycles. The average molecular weight is 377 g/mol. The lowest BCUT2D eigenvalue weighted by Gasteiger charge is -2.34. The number of halogens is 5. The molecule has 1 aromatic heterocycles. The molecule has 0 bridgehead atoms. The summed E-state index contributed by atoms with van der Waals surface area (Å²) in [5.74, 6) is -1.73. The van der Waals surface area contributed by atoms with Crippen LogP contribution in [0.3, 0.4) is 0 Å². The van der Waals surface area contributed by atoms with Crippen LogP contribution in [0.4, 0.5) is 22.0 Å². The molecule has 0 radical (unpaired) electrons. The lowest BCUT2D eigenvalue weighted by Crippen LogP contribution is -2.45. The van der Waals surface area contributed by atoms with E-state index in [1.165, 1.54) is 6.07 Å². The van der Waals surface area contributed by atoms with E-state index in [1.807, 2.05) is 4.90 Å². The Hall–Kier alpha value is -1.58. The molecule has 1 aliphatic rings. The highest BCUT2D eigenvalue weighted by Gasteiger charge is 2.33. The van der Waals surface area contributed by atoms with Crippen LogP contribution in [-0.4, -0.2) is 41.0 Å². The van der Waals surface area contributed by atoms with Crippen LogP contribution < -0.4 is 0 Å². The van der Waals surface area contributed by atoms with Crippen molar-refractivity contribution in [2.24, 2.45) is 0 Å². The minimum atomic E-state index is -4.40. The molecule has 9 heteroatoms. The van der Waals surface area contributed by atoms with Crippen molar-refractivity contribution >= 4 is 11.3 Å². The van der Waals surface area contributed by atoms with Gasteiger partial charge < -0.3 is 0 Å². The molecule has 0 saturated carbocycles. The minimum Gasteiger partial charge on any atom is -0.297 e. The van der Waals surface area contributed by atoms with Crippen LogP contribution in [0.25, 0.3) is 0 Å². The van der Waals surface area contributed by atoms with Crippen molar-refractivity contribution < 1.29 is 22.0 Å². The molecule has 1 aliphatic heterocycles. The lowest BCUT2D eigenvalue weighted by molar-refractivity contribution is -0.140. The molecule has 0 atom stereocenters. The molecule has 25 heavy (non-hydrogen) atoms. The maximum atomic E-state index is 13.2. The van der Waals surface area contributed by atoms with E-state index in [4.69, 9.17) is 0 Å². The summed E-state index contributed by atoms with van der Waals surface area (Å²) in [6, 6.07) is 3.86. The van der Waals surface area contributed by atoms with E-state index in [0.29, 0.717) is 49.8 Å². The van der Waals surface area contributed by atoms with Gasteiger partial charge in [-0.3, -0.25) is 9.80 Å². The van der Waals surface area contributed by atoms with Crippen LogP contribution in [0.5, 0.6) is 0 Å². The summed E-state index contributed by atoms with van der Waals surface area (Å²) in [5.41, 5.74) is -0.147. The van der Waals surface area contributed by atoms with Crippen LogP contribution in [0.1, 0.15) is 16.3 Å². The summed E-state index contributed by atoms with van der Waals surface area (Å²) in [5, 5.41) is 1.48. The zero-order valence-corrected chi connectivity index (χ0v) is 14.0. The van der Waals surface area contributed by atoms with Gasteiger partial charge in [0.25, 0.3) is 0 Å². The Kier molecular flexibility index (Phi) is 5.35. The van der Waals surface area contributed by atoms with Gasteiger partial charge in [0.1, 0.15) is 5.01 Å². The largest absolute Gasteiger partial charge is 0.434 e. The Morgan fingerprint density at radius 1 is 0.960 bits per heavy atom. The first kappa shape index (κ1) is 18.2. The Bertz CT molecular complexity index is 723. The van der Waals surface area contributed by atoms with Crippen molar-refractivity contribution in [2.75, 3.05) is 26.2 Å². The third-order valence-corrected chi connectivity index (χ3v) is 4.89. The molecule has 0 unspecified atom stereocenters. The Labute approximate surface area is 145 Å². The SMILES string of the molecule is Fc1ccc(CN2CCN(Cc3nc(C(F)(F)F)cs3)CC2)cc1F. The Morgan fingerprint density at radius 2 is 1.60 bits per heavy atom. The van der Waals surface area contributed by atoms with Gasteiger partial charge in [-0.15, -0.1) is 11.3 Å². The molecule has 136 valence electrons. The molecular weight excluding hydrogens is 361 g/mol. The van der Waals surface area contributed by atoms with Gasteiger partial charge in [-0.25, -0.2) is 13.8 Å². The van der Waals surface area contributed by atoms with E-state index >= 15 is 0 Å². The van der Waals surface area contributed by atoms with Crippen LogP contribution in [0.2, 0.25) is 0 Å². The van der Waals surface area contributed by atoms with E-state index in [1.54, 1.807) is 6.07 Å². The third-order valence-electron chi connectivity index (χ3n) is 4.06. The van der Waals surface area contributed by atoms with Crippen molar-refractivity contribution in [2.45, 2.75) is 19.3 Å². The highest BCUT2D eigenvalue weighted by molar-refractivity contribution is 7.09. The number of hydrogen-bond donors (Lipinski definition) is 0. The normalized spacial score (nSPS) is 17.2. The summed E-state index contributed by atoms with van der Waals surface area (Å²) in [4.78, 5) is 7.79. The number of hydrogen-bond acceptors (Lipinski definition) is 4. The number of alkyl halides is 3. The van der Waals surface area contributed by atoms with Gasteiger partial charge >= 0.3 is 6.18 Å². The first-order valence-electron chi connectivity index (χ1n) is 7.71. The summed E-state index contributed by atoms with van der Waals surface area (Å²) < 4.78 is 63.9. The standard InChI is InChI=1S/C16H16F5N3S/c17-12-2-1-11(7-13(12)18)8-23-3-5-24(6-4-23)9-15-22-14(10-25-15)16(19,20)21/h1-2,7,10H,3-6,8-9H2. The van der Waals surface area contributed by atoms with Gasteiger partial charge in [0.05, 0.1) is 6.54 Å². The molecule has 2 aromatic rings. The number of aromatic nitrogens is 1. The molecule has 0 aliphatic carbocycles. The highest BCUT2D eigenvalue weighted by Crippen LogP contribution is 2.30. The Balaban J connectivity index is 1.50. The van der Waals surface area contributed by atoms with Gasteiger partial charge in [-0.05, 0) is 17.7 Å². The summed E-state index contributed by atoms with van der Waals surface area (Å²) in [6.07, 6.45) is -4.40. The van der Waals surface area contributed by atoms with E-state index in [9.17, 15) is 22.0 Å². The fourth-order valence-electron chi connectivity index (χ4n) is 2.71. The minimum absolute atomic E-state index is 0.389. The van der Waals surface area contributed by atoms with E-state index in [2.05, 4.69) is 9.88 Å². The summed E-state index contributed by atoms with van der Waals surface area (Å²) in [7, 11) is 0. The Morgan fingerprint density at radius 3 is 2.16 bits per heavy atom. The van der Waals surface area contributed by atoms with Gasteiger partial charge in [0, 0.05) is 38.1 Å². The quantitative estimate of drug-likeness (QED) is 0.757. The smallest absolute Gasteiger partial charge is 0.297 e. The number of benzene rings is 1. The first-order valence-corrected chi connectivity index (χ1v) is 8.59. The lowest BCUT2D eigenvalue weighted by atomic mass is 10.2. The zero-order chi connectivity index (χ0) is 18.0. The summed E-state index contributed by atoms with van der Waals surface area (Å²) >= 11 is 1.01. The van der Waals surface area contributed by atoms with Crippen LogP contribution in [0, 0.1) is 11.6 Å². The molecule has 0 N–H and O–H groups in total. The maximum Gasteiger partial charge on any atom is 0.434 e. The first-order chi connectivity index (χ1) is 11.8. The number of nitrogens with zero attached hydrogens (tertiary/aromatic N) is 3. The van der Waals surface area contributed by atoms with E-state index in [-0.39, 0.29) is 0 Å². The van der Waals surface area contributed by atoms with Gasteiger partial charge in [-0.2, -0.15) is 13.2 Å². The molecule has 3 rings (SSSR count). The second-order valence-corrected chi connectivity index (χ2v) is 6.87. The van der Waals surface area contributed by atoms with Crippen LogP contribution in [-0.2, 0) is 19.3 Å². The molecule has 1 saturated heterocycles. The maximum absolute atomic E-state index is 13.2. The zero-order valence-electron chi connectivity index (χ0n) is 13.2. The topological polar surface area (TPSA) is 19.4 Å². The van der Waals surface area contributed by atoms with Crippen molar-refractivity contribution in [1.82, 2.24) is 14.8 Å². The van der Waals surface area contributed by atoms with Crippen molar-refractivity contribution in [1.29, 1.82) is 0 Å². The van der Waals surface area contributed by atoms with Gasteiger partial charge in [0.15, 0.2) is 17.3 Å². The number of piperazine rings is 1. The van der Waals surface area contributed by atoms with Crippen LogP contribution >= 0.6 is 11.3 Å². The average Bonchev–Trinajstić information content (AvgIpc) is 3.02. The van der Waals surface area contributed by atoms with Crippen LogP contribution in [0.15, 0.2) is 23.6 Å². The molecule has 1 fully saturated rings. The van der Waals surface area contributed by atoms with Crippen molar-refractivity contribution in [3.63, 3.8) is 0 Å². The predicted molar refractivity (Wildman–Crippen MR) is 84.0 cm³/mol. The third kappa shape index (κ3) is 4.74. The molecule has 0 spiro atoms. The highest BCUT2D eigenvalue weighted by atomic mass is 32.1. The van der Waals surface area contributed by atoms with E-state index in [0.717, 1.165) is 22.8 Å². The van der Waals surface area contributed by atoms with Gasteiger partial charge in [-0.1, -0.05) is 6.07 Å². The van der Waals surface area contributed by atoms with Crippen molar-refractivity contribution in [3.05, 3.63) is 51.5 Å². The van der Waals surface area contributed by atoms with Crippen molar-refractivity contribution in [3.8, 4) is 0 Å². The molecule has 2 heterocycles. The number of rotatable bonds is 4. The second kappa shape index (κ2) is 7.35. The van der Waals surface area contributed by atoms with Gasteiger partial charge in [0.2, 0.25) is 0 Å². The molecule has 0 amide bonds. The second-order valence-electron chi connectivity index (χ2n) is 5.93. The monoisotopic (exact) mass is 377 g/mol. The molecule has 3 nitrogen and oxygen atoms in total. The summed E-state index contributed by atoms with van der Waals surface area (Å²) in [6.45, 7) is 3.68. The number of thiazole rings is 1. The predicted octanol–water partition coefficient (Wildman–Crippen LogP) is 3.76. The van der Waals surface area contributed by atoms with E-state index < -0.39 is 23.5 Å². The fourth-order valence-corrected chi connectivity index (χ4v) is 3.55.